The summed E-state index contributed by atoms with van der Waals surface area (Å²) in [5, 5.41) is 3.36. The van der Waals surface area contributed by atoms with E-state index >= 15 is 0 Å². The van der Waals surface area contributed by atoms with Crippen LogP contribution in [0.1, 0.15) is 37.2 Å². The fourth-order valence-electron chi connectivity index (χ4n) is 3.18. The van der Waals surface area contributed by atoms with E-state index in [1.165, 1.54) is 25.9 Å². The van der Waals surface area contributed by atoms with Crippen LogP contribution in [0.25, 0.3) is 0 Å². The van der Waals surface area contributed by atoms with E-state index in [0.29, 0.717) is 11.3 Å². The van der Waals surface area contributed by atoms with Crippen molar-refractivity contribution in [1.82, 2.24) is 5.32 Å². The Morgan fingerprint density at radius 1 is 1.12 bits per heavy atom. The smallest absolute Gasteiger partial charge is 0.126 e. The molecule has 1 nitrogen and oxygen atoms in total. The van der Waals surface area contributed by atoms with Gasteiger partial charge in [0.1, 0.15) is 5.82 Å². The molecule has 1 heterocycles. The lowest BCUT2D eigenvalue weighted by atomic mass is 9.66. The van der Waals surface area contributed by atoms with E-state index in [1.807, 2.05) is 12.1 Å². The minimum atomic E-state index is -0.0183. The third-order valence-electron chi connectivity index (χ3n) is 4.39. The molecular weight excluding hydrogens is 201 g/mol. The molecule has 1 spiro atoms. The Morgan fingerprint density at radius 3 is 2.38 bits per heavy atom. The van der Waals surface area contributed by atoms with E-state index < -0.39 is 0 Å². The highest BCUT2D eigenvalue weighted by molar-refractivity contribution is 5.22. The molecule has 0 unspecified atom stereocenters. The molecule has 0 amide bonds. The minimum Gasteiger partial charge on any atom is -0.316 e. The van der Waals surface area contributed by atoms with Crippen molar-refractivity contribution in [1.29, 1.82) is 0 Å². The van der Waals surface area contributed by atoms with Crippen LogP contribution in [0.5, 0.6) is 0 Å². The van der Waals surface area contributed by atoms with Crippen molar-refractivity contribution in [3.63, 3.8) is 0 Å². The van der Waals surface area contributed by atoms with Crippen LogP contribution in [0.15, 0.2) is 24.3 Å². The topological polar surface area (TPSA) is 12.0 Å². The number of hydrogen-bond acceptors (Lipinski definition) is 1. The van der Waals surface area contributed by atoms with Crippen molar-refractivity contribution in [2.75, 3.05) is 13.1 Å². The van der Waals surface area contributed by atoms with Crippen LogP contribution in [0, 0.1) is 11.2 Å². The van der Waals surface area contributed by atoms with Crippen molar-refractivity contribution in [2.24, 2.45) is 5.41 Å². The first-order valence-corrected chi connectivity index (χ1v) is 6.24. The Bertz CT molecular complexity index is 374. The van der Waals surface area contributed by atoms with E-state index in [2.05, 4.69) is 5.32 Å². The quantitative estimate of drug-likeness (QED) is 0.765. The second kappa shape index (κ2) is 3.85. The van der Waals surface area contributed by atoms with Crippen molar-refractivity contribution in [2.45, 2.75) is 31.6 Å². The van der Waals surface area contributed by atoms with Crippen LogP contribution in [0.2, 0.25) is 0 Å². The first-order valence-electron chi connectivity index (χ1n) is 6.24. The molecule has 0 atom stereocenters. The SMILES string of the molecule is Fc1ccccc1C1CCC2(CC1)CNC2. The minimum absolute atomic E-state index is 0.0183. The first kappa shape index (κ1) is 10.3. The van der Waals surface area contributed by atoms with Crippen LogP contribution in [0.3, 0.4) is 0 Å². The van der Waals surface area contributed by atoms with Gasteiger partial charge in [0, 0.05) is 13.1 Å². The summed E-state index contributed by atoms with van der Waals surface area (Å²) in [7, 11) is 0. The normalized spacial score (nSPS) is 24.3. The van der Waals surface area contributed by atoms with Crippen molar-refractivity contribution >= 4 is 0 Å². The summed E-state index contributed by atoms with van der Waals surface area (Å²) in [5.41, 5.74) is 1.51. The number of hydrogen-bond donors (Lipinski definition) is 1. The van der Waals surface area contributed by atoms with Gasteiger partial charge in [0.25, 0.3) is 0 Å². The molecule has 1 N–H and O–H groups in total. The third-order valence-corrected chi connectivity index (χ3v) is 4.39. The van der Waals surface area contributed by atoms with Crippen molar-refractivity contribution < 1.29 is 4.39 Å². The Labute approximate surface area is 96.1 Å². The molecule has 1 aliphatic heterocycles. The van der Waals surface area contributed by atoms with Gasteiger partial charge >= 0.3 is 0 Å². The zero-order valence-electron chi connectivity index (χ0n) is 9.51. The van der Waals surface area contributed by atoms with Gasteiger partial charge < -0.3 is 5.32 Å². The highest BCUT2D eigenvalue weighted by Gasteiger charge is 2.40. The molecule has 86 valence electrons. The highest BCUT2D eigenvalue weighted by Crippen LogP contribution is 2.45. The van der Waals surface area contributed by atoms with Crippen molar-refractivity contribution in [3.8, 4) is 0 Å². The van der Waals surface area contributed by atoms with E-state index in [-0.39, 0.29) is 5.82 Å². The predicted molar refractivity (Wildman–Crippen MR) is 62.9 cm³/mol. The van der Waals surface area contributed by atoms with E-state index in [4.69, 9.17) is 0 Å². The molecule has 2 heteroatoms. The third kappa shape index (κ3) is 1.65. The Balaban J connectivity index is 1.72. The summed E-state index contributed by atoms with van der Waals surface area (Å²) in [5.74, 6) is 0.433. The molecule has 2 aliphatic rings. The van der Waals surface area contributed by atoms with Gasteiger partial charge in [-0.25, -0.2) is 4.39 Å². The molecule has 2 fully saturated rings. The Morgan fingerprint density at radius 2 is 1.81 bits per heavy atom. The summed E-state index contributed by atoms with van der Waals surface area (Å²) in [6.45, 7) is 2.36. The lowest BCUT2D eigenvalue weighted by molar-refractivity contribution is 0.0969. The van der Waals surface area contributed by atoms with E-state index in [9.17, 15) is 4.39 Å². The predicted octanol–water partition coefficient (Wildman–Crippen LogP) is 3.07. The lowest BCUT2D eigenvalue weighted by Crippen LogP contribution is -2.54. The second-order valence-corrected chi connectivity index (χ2v) is 5.40. The summed E-state index contributed by atoms with van der Waals surface area (Å²) >= 11 is 0. The van der Waals surface area contributed by atoms with Crippen LogP contribution >= 0.6 is 0 Å². The molecule has 0 aromatic heterocycles. The van der Waals surface area contributed by atoms with Crippen molar-refractivity contribution in [3.05, 3.63) is 35.6 Å². The largest absolute Gasteiger partial charge is 0.316 e. The number of rotatable bonds is 1. The van der Waals surface area contributed by atoms with Gasteiger partial charge in [0.2, 0.25) is 0 Å². The summed E-state index contributed by atoms with van der Waals surface area (Å²) in [6, 6.07) is 7.27. The summed E-state index contributed by atoms with van der Waals surface area (Å²) in [4.78, 5) is 0. The molecule has 1 saturated carbocycles. The number of nitrogens with one attached hydrogen (secondary N) is 1. The van der Waals surface area contributed by atoms with Gasteiger partial charge in [-0.2, -0.15) is 0 Å². The molecule has 1 aromatic carbocycles. The first-order chi connectivity index (χ1) is 7.79. The zero-order chi connectivity index (χ0) is 11.0. The molecule has 3 rings (SSSR count). The molecule has 0 bridgehead atoms. The summed E-state index contributed by atoms with van der Waals surface area (Å²) < 4.78 is 13.7. The fraction of sp³-hybridized carbons (Fsp3) is 0.571. The van der Waals surface area contributed by atoms with Gasteiger partial charge in [0.15, 0.2) is 0 Å². The fourth-order valence-corrected chi connectivity index (χ4v) is 3.18. The summed E-state index contributed by atoms with van der Waals surface area (Å²) in [6.07, 6.45) is 4.84. The maximum absolute atomic E-state index is 13.7. The average molecular weight is 219 g/mol. The van der Waals surface area contributed by atoms with Crippen LogP contribution in [0.4, 0.5) is 4.39 Å². The standard InChI is InChI=1S/C14H18FN/c15-13-4-2-1-3-12(13)11-5-7-14(8-6-11)9-16-10-14/h1-4,11,16H,5-10H2. The van der Waals surface area contributed by atoms with E-state index in [1.54, 1.807) is 12.1 Å². The van der Waals surface area contributed by atoms with Gasteiger partial charge in [-0.05, 0) is 48.6 Å². The average Bonchev–Trinajstić information content (AvgIpc) is 2.28. The molecule has 1 saturated heterocycles. The molecule has 0 radical (unpaired) electrons. The maximum Gasteiger partial charge on any atom is 0.126 e. The zero-order valence-corrected chi connectivity index (χ0v) is 9.51. The van der Waals surface area contributed by atoms with Crippen LogP contribution in [-0.2, 0) is 0 Å². The lowest BCUT2D eigenvalue weighted by Gasteiger charge is -2.47. The maximum atomic E-state index is 13.7. The molecule has 1 aromatic rings. The van der Waals surface area contributed by atoms with Crippen LogP contribution < -0.4 is 5.32 Å². The molecular formula is C14H18FN. The van der Waals surface area contributed by atoms with Crippen LogP contribution in [-0.4, -0.2) is 13.1 Å². The number of benzene rings is 1. The highest BCUT2D eigenvalue weighted by atomic mass is 19.1. The van der Waals surface area contributed by atoms with Gasteiger partial charge in [0.05, 0.1) is 0 Å². The van der Waals surface area contributed by atoms with E-state index in [0.717, 1.165) is 18.4 Å². The van der Waals surface area contributed by atoms with Gasteiger partial charge in [-0.15, -0.1) is 0 Å². The van der Waals surface area contributed by atoms with Gasteiger partial charge in [-0.1, -0.05) is 18.2 Å². The Hall–Kier alpha value is -0.890. The molecule has 16 heavy (non-hydrogen) atoms. The molecule has 1 aliphatic carbocycles. The monoisotopic (exact) mass is 219 g/mol. The van der Waals surface area contributed by atoms with Gasteiger partial charge in [-0.3, -0.25) is 0 Å². The number of halogens is 1. The Kier molecular flexibility index (Phi) is 2.47. The second-order valence-electron chi connectivity index (χ2n) is 5.40.